The lowest BCUT2D eigenvalue weighted by atomic mass is 10.2. The number of allylic oxidation sites excluding steroid dienone is 1. The average Bonchev–Trinajstić information content (AvgIpc) is 2.60. The maximum atomic E-state index is 11.6. The molecule has 0 atom stereocenters. The summed E-state index contributed by atoms with van der Waals surface area (Å²) in [5, 5.41) is 14.6. The van der Waals surface area contributed by atoms with Gasteiger partial charge in [-0.25, -0.2) is 5.43 Å². The molecule has 2 aromatic rings. The monoisotopic (exact) mass is 325 g/mol. The largest absolute Gasteiger partial charge is 0.477 e. The Labute approximate surface area is 138 Å². The van der Waals surface area contributed by atoms with Crippen molar-refractivity contribution in [2.24, 2.45) is 5.10 Å². The van der Waals surface area contributed by atoms with E-state index in [0.717, 1.165) is 5.56 Å². The lowest BCUT2D eigenvalue weighted by molar-refractivity contribution is -0.385. The Balaban J connectivity index is 1.79. The van der Waals surface area contributed by atoms with Gasteiger partial charge in [-0.2, -0.15) is 5.10 Å². The first-order chi connectivity index (χ1) is 11.7. The minimum atomic E-state index is -0.570. The summed E-state index contributed by atoms with van der Waals surface area (Å²) in [6, 6.07) is 15.5. The van der Waals surface area contributed by atoms with Crippen molar-refractivity contribution in [2.75, 3.05) is 6.61 Å². The molecular formula is C17H15N3O4. The molecule has 1 N–H and O–H groups in total. The molecule has 122 valence electrons. The van der Waals surface area contributed by atoms with E-state index in [-0.39, 0.29) is 18.0 Å². The van der Waals surface area contributed by atoms with Crippen molar-refractivity contribution in [3.05, 3.63) is 76.4 Å². The molecule has 0 aromatic heterocycles. The fourth-order valence-electron chi connectivity index (χ4n) is 1.78. The second kappa shape index (κ2) is 8.84. The number of nitrogens with zero attached hydrogens (tertiary/aromatic N) is 2. The lowest BCUT2D eigenvalue weighted by Gasteiger charge is -2.04. The first-order valence-corrected chi connectivity index (χ1v) is 7.06. The van der Waals surface area contributed by atoms with Gasteiger partial charge in [0.05, 0.1) is 4.92 Å². The van der Waals surface area contributed by atoms with Gasteiger partial charge in [0.1, 0.15) is 0 Å². The summed E-state index contributed by atoms with van der Waals surface area (Å²) in [4.78, 5) is 21.8. The van der Waals surface area contributed by atoms with E-state index in [4.69, 9.17) is 4.74 Å². The SMILES string of the molecule is O=C(COc1ccccc1[N+](=O)[O-])N/N=C\C=C\c1ccccc1. The van der Waals surface area contributed by atoms with Crippen LogP contribution in [-0.2, 0) is 4.79 Å². The summed E-state index contributed by atoms with van der Waals surface area (Å²) in [7, 11) is 0. The normalized spacial score (nSPS) is 10.8. The third-order valence-electron chi connectivity index (χ3n) is 2.86. The first-order valence-electron chi connectivity index (χ1n) is 7.06. The number of hydrogen-bond acceptors (Lipinski definition) is 5. The van der Waals surface area contributed by atoms with Crippen molar-refractivity contribution >= 4 is 23.9 Å². The molecule has 0 aliphatic carbocycles. The quantitative estimate of drug-likeness (QED) is 0.481. The summed E-state index contributed by atoms with van der Waals surface area (Å²) < 4.78 is 5.14. The predicted molar refractivity (Wildman–Crippen MR) is 90.7 cm³/mol. The van der Waals surface area contributed by atoms with E-state index >= 15 is 0 Å². The average molecular weight is 325 g/mol. The Morgan fingerprint density at radius 2 is 1.88 bits per heavy atom. The third-order valence-corrected chi connectivity index (χ3v) is 2.86. The molecule has 0 heterocycles. The highest BCUT2D eigenvalue weighted by molar-refractivity contribution is 5.82. The van der Waals surface area contributed by atoms with E-state index in [0.29, 0.717) is 0 Å². The second-order valence-corrected chi connectivity index (χ2v) is 4.60. The molecule has 0 aliphatic heterocycles. The summed E-state index contributed by atoms with van der Waals surface area (Å²) >= 11 is 0. The Bertz CT molecular complexity index is 757. The molecule has 24 heavy (non-hydrogen) atoms. The molecule has 0 saturated heterocycles. The maximum absolute atomic E-state index is 11.6. The topological polar surface area (TPSA) is 93.8 Å². The standard InChI is InChI=1S/C17H15N3O4/c21-17(13-24-16-11-5-4-10-15(16)20(22)23)19-18-12-6-9-14-7-2-1-3-8-14/h1-12H,13H2,(H,19,21)/b9-6+,18-12-. The van der Waals surface area contributed by atoms with E-state index in [1.165, 1.54) is 24.4 Å². The summed E-state index contributed by atoms with van der Waals surface area (Å²) in [5.41, 5.74) is 3.09. The van der Waals surface area contributed by atoms with Crippen LogP contribution in [0, 0.1) is 10.1 Å². The van der Waals surface area contributed by atoms with Crippen LogP contribution in [0.3, 0.4) is 0 Å². The smallest absolute Gasteiger partial charge is 0.310 e. The van der Waals surface area contributed by atoms with Crippen LogP contribution in [0.2, 0.25) is 0 Å². The van der Waals surface area contributed by atoms with Crippen LogP contribution in [0.4, 0.5) is 5.69 Å². The Hall–Kier alpha value is -3.48. The minimum absolute atomic E-state index is 0.0330. The molecule has 2 aromatic carbocycles. The third kappa shape index (κ3) is 5.38. The van der Waals surface area contributed by atoms with Crippen LogP contribution in [0.5, 0.6) is 5.75 Å². The van der Waals surface area contributed by atoms with Crippen molar-refractivity contribution in [1.82, 2.24) is 5.43 Å². The molecule has 7 nitrogen and oxygen atoms in total. The number of hydrogen-bond donors (Lipinski definition) is 1. The number of hydrazone groups is 1. The zero-order valence-electron chi connectivity index (χ0n) is 12.7. The minimum Gasteiger partial charge on any atom is -0.477 e. The molecule has 0 fully saturated rings. The number of carbonyl (C=O) groups excluding carboxylic acids is 1. The molecule has 0 saturated carbocycles. The molecule has 1 amide bonds. The van der Waals surface area contributed by atoms with E-state index in [2.05, 4.69) is 10.5 Å². The highest BCUT2D eigenvalue weighted by Crippen LogP contribution is 2.25. The van der Waals surface area contributed by atoms with Crippen LogP contribution in [0.25, 0.3) is 6.08 Å². The molecule has 0 spiro atoms. The predicted octanol–water partition coefficient (Wildman–Crippen LogP) is 2.79. The van der Waals surface area contributed by atoms with Gasteiger partial charge in [-0.3, -0.25) is 14.9 Å². The number of amides is 1. The maximum Gasteiger partial charge on any atom is 0.310 e. The van der Waals surface area contributed by atoms with Gasteiger partial charge in [0.15, 0.2) is 12.4 Å². The van der Waals surface area contributed by atoms with Crippen molar-refractivity contribution in [3.8, 4) is 5.75 Å². The Kier molecular flexibility index (Phi) is 6.22. The Morgan fingerprint density at radius 3 is 2.62 bits per heavy atom. The highest BCUT2D eigenvalue weighted by atomic mass is 16.6. The van der Waals surface area contributed by atoms with Gasteiger partial charge in [0, 0.05) is 12.3 Å². The molecule has 0 unspecified atom stereocenters. The number of carbonyl (C=O) groups is 1. The van der Waals surface area contributed by atoms with Crippen LogP contribution in [0.1, 0.15) is 5.56 Å². The van der Waals surface area contributed by atoms with Gasteiger partial charge >= 0.3 is 5.69 Å². The molecule has 2 rings (SSSR count). The number of para-hydroxylation sites is 2. The van der Waals surface area contributed by atoms with E-state index in [1.54, 1.807) is 12.1 Å². The van der Waals surface area contributed by atoms with E-state index in [1.807, 2.05) is 36.4 Å². The highest BCUT2D eigenvalue weighted by Gasteiger charge is 2.14. The number of rotatable bonds is 7. The van der Waals surface area contributed by atoms with Gasteiger partial charge in [0.2, 0.25) is 0 Å². The molecule has 7 heteroatoms. The van der Waals surface area contributed by atoms with Crippen LogP contribution in [0.15, 0.2) is 65.8 Å². The van der Waals surface area contributed by atoms with Gasteiger partial charge in [-0.05, 0) is 17.7 Å². The lowest BCUT2D eigenvalue weighted by Crippen LogP contribution is -2.24. The number of ether oxygens (including phenoxy) is 1. The summed E-state index contributed by atoms with van der Waals surface area (Å²) in [5.74, 6) is -0.483. The summed E-state index contributed by atoms with van der Waals surface area (Å²) in [6.45, 7) is -0.370. The Morgan fingerprint density at radius 1 is 1.17 bits per heavy atom. The van der Waals surface area contributed by atoms with Crippen LogP contribution >= 0.6 is 0 Å². The van der Waals surface area contributed by atoms with Gasteiger partial charge in [0.25, 0.3) is 5.91 Å². The van der Waals surface area contributed by atoms with Crippen LogP contribution < -0.4 is 10.2 Å². The first kappa shape index (κ1) is 16.9. The van der Waals surface area contributed by atoms with Crippen LogP contribution in [-0.4, -0.2) is 23.7 Å². The molecule has 0 radical (unpaired) electrons. The van der Waals surface area contributed by atoms with E-state index < -0.39 is 10.8 Å². The summed E-state index contributed by atoms with van der Waals surface area (Å²) in [6.07, 6.45) is 4.94. The van der Waals surface area contributed by atoms with Crippen molar-refractivity contribution in [2.45, 2.75) is 0 Å². The van der Waals surface area contributed by atoms with E-state index in [9.17, 15) is 14.9 Å². The molecule has 0 bridgehead atoms. The number of nitro groups is 1. The number of benzene rings is 2. The fourth-order valence-corrected chi connectivity index (χ4v) is 1.78. The van der Waals surface area contributed by atoms with Crippen molar-refractivity contribution in [1.29, 1.82) is 0 Å². The molecule has 0 aliphatic rings. The van der Waals surface area contributed by atoms with Crippen molar-refractivity contribution in [3.63, 3.8) is 0 Å². The van der Waals surface area contributed by atoms with Gasteiger partial charge < -0.3 is 4.74 Å². The zero-order chi connectivity index (χ0) is 17.2. The zero-order valence-corrected chi connectivity index (χ0v) is 12.7. The molecular weight excluding hydrogens is 310 g/mol. The van der Waals surface area contributed by atoms with Gasteiger partial charge in [-0.15, -0.1) is 0 Å². The number of nitro benzene ring substituents is 1. The fraction of sp³-hybridized carbons (Fsp3) is 0.0588. The number of nitrogens with one attached hydrogen (secondary N) is 1. The van der Waals surface area contributed by atoms with Gasteiger partial charge in [-0.1, -0.05) is 48.5 Å². The second-order valence-electron chi connectivity index (χ2n) is 4.60. The van der Waals surface area contributed by atoms with Crippen molar-refractivity contribution < 1.29 is 14.5 Å².